The number of benzene rings is 1. The number of carbonyl (C=O) groups is 1. The zero-order valence-electron chi connectivity index (χ0n) is 11.7. The van der Waals surface area contributed by atoms with Crippen LogP contribution in [0.15, 0.2) is 18.2 Å². The van der Waals surface area contributed by atoms with Gasteiger partial charge in [-0.1, -0.05) is 6.92 Å². The molecule has 1 aromatic rings. The van der Waals surface area contributed by atoms with Crippen molar-refractivity contribution in [2.75, 3.05) is 24.8 Å². The van der Waals surface area contributed by atoms with Crippen LogP contribution in [0.4, 0.5) is 5.69 Å². The summed E-state index contributed by atoms with van der Waals surface area (Å²) < 4.78 is 10.7. The fourth-order valence-corrected chi connectivity index (χ4v) is 2.96. The van der Waals surface area contributed by atoms with Crippen LogP contribution in [-0.4, -0.2) is 25.8 Å². The Morgan fingerprint density at radius 3 is 3.05 bits per heavy atom. The summed E-state index contributed by atoms with van der Waals surface area (Å²) in [6.45, 7) is 4.19. The molecule has 0 radical (unpaired) electrons. The minimum Gasteiger partial charge on any atom is -0.454 e. The molecule has 5 nitrogen and oxygen atoms in total. The quantitative estimate of drug-likeness (QED) is 0.910. The highest BCUT2D eigenvalue weighted by molar-refractivity contribution is 5.76. The first kappa shape index (κ1) is 13.1. The number of primary amides is 1. The van der Waals surface area contributed by atoms with Crippen molar-refractivity contribution < 1.29 is 14.3 Å². The van der Waals surface area contributed by atoms with Gasteiger partial charge < -0.3 is 20.1 Å². The molecule has 108 valence electrons. The summed E-state index contributed by atoms with van der Waals surface area (Å²) in [5.41, 5.74) is 6.49. The van der Waals surface area contributed by atoms with Crippen LogP contribution in [0.1, 0.15) is 19.8 Å². The maximum atomic E-state index is 11.1. The van der Waals surface area contributed by atoms with Gasteiger partial charge in [-0.15, -0.1) is 0 Å². The van der Waals surface area contributed by atoms with E-state index >= 15 is 0 Å². The Balaban J connectivity index is 1.64. The van der Waals surface area contributed by atoms with E-state index in [9.17, 15) is 4.79 Å². The van der Waals surface area contributed by atoms with Crippen LogP contribution in [-0.2, 0) is 4.79 Å². The fourth-order valence-electron chi connectivity index (χ4n) is 2.96. The Kier molecular flexibility index (Phi) is 3.42. The van der Waals surface area contributed by atoms with Crippen molar-refractivity contribution in [1.82, 2.24) is 0 Å². The third kappa shape index (κ3) is 2.53. The summed E-state index contributed by atoms with van der Waals surface area (Å²) >= 11 is 0. The second-order valence-electron chi connectivity index (χ2n) is 5.68. The van der Waals surface area contributed by atoms with Gasteiger partial charge in [0.1, 0.15) is 0 Å². The molecule has 1 aromatic carbocycles. The number of nitrogens with two attached hydrogens (primary N) is 1. The van der Waals surface area contributed by atoms with E-state index in [1.54, 1.807) is 0 Å². The van der Waals surface area contributed by atoms with E-state index in [1.165, 1.54) is 0 Å². The van der Waals surface area contributed by atoms with Gasteiger partial charge in [-0.2, -0.15) is 0 Å². The highest BCUT2D eigenvalue weighted by atomic mass is 16.7. The first-order valence-corrected chi connectivity index (χ1v) is 7.07. The number of hydrogen-bond acceptors (Lipinski definition) is 4. The summed E-state index contributed by atoms with van der Waals surface area (Å²) in [6, 6.07) is 6.05. The van der Waals surface area contributed by atoms with Gasteiger partial charge in [0.2, 0.25) is 12.7 Å². The van der Waals surface area contributed by atoms with Gasteiger partial charge in [0, 0.05) is 30.8 Å². The van der Waals surface area contributed by atoms with E-state index in [0.717, 1.165) is 43.1 Å². The van der Waals surface area contributed by atoms with Crippen LogP contribution in [0.3, 0.4) is 0 Å². The highest BCUT2D eigenvalue weighted by Gasteiger charge is 2.26. The molecular weight excluding hydrogens is 256 g/mol. The predicted octanol–water partition coefficient (Wildman–Crippen LogP) is 1.75. The summed E-state index contributed by atoms with van der Waals surface area (Å²) in [5, 5.41) is 0. The van der Waals surface area contributed by atoms with Gasteiger partial charge in [-0.05, 0) is 30.9 Å². The standard InChI is InChI=1S/C15H20N2O3/c1-10(15(16)18)6-11-4-5-17(8-11)12-2-3-13-14(7-12)20-9-19-13/h2-3,7,10-11H,4-6,8-9H2,1H3,(H2,16,18). The molecule has 5 heteroatoms. The van der Waals surface area contributed by atoms with Gasteiger partial charge in [-0.25, -0.2) is 0 Å². The van der Waals surface area contributed by atoms with Gasteiger partial charge in [0.05, 0.1) is 0 Å². The SMILES string of the molecule is CC(CC1CCN(c2ccc3c(c2)OCO3)C1)C(N)=O. The number of nitrogens with zero attached hydrogens (tertiary/aromatic N) is 1. The molecule has 2 aliphatic rings. The lowest BCUT2D eigenvalue weighted by Gasteiger charge is -2.19. The average Bonchev–Trinajstić information content (AvgIpc) is 3.05. The minimum atomic E-state index is -0.202. The van der Waals surface area contributed by atoms with Crippen molar-refractivity contribution in [3.05, 3.63) is 18.2 Å². The van der Waals surface area contributed by atoms with Gasteiger partial charge in [-0.3, -0.25) is 4.79 Å². The minimum absolute atomic E-state index is 0.0447. The van der Waals surface area contributed by atoms with Gasteiger partial charge >= 0.3 is 0 Å². The van der Waals surface area contributed by atoms with E-state index < -0.39 is 0 Å². The van der Waals surface area contributed by atoms with Crippen molar-refractivity contribution in [2.24, 2.45) is 17.6 Å². The average molecular weight is 276 g/mol. The zero-order valence-corrected chi connectivity index (χ0v) is 11.7. The number of fused-ring (bicyclic) bond motifs is 1. The zero-order chi connectivity index (χ0) is 14.1. The molecule has 0 saturated carbocycles. The lowest BCUT2D eigenvalue weighted by molar-refractivity contribution is -0.121. The van der Waals surface area contributed by atoms with Crippen LogP contribution in [0.5, 0.6) is 11.5 Å². The number of hydrogen-bond donors (Lipinski definition) is 1. The van der Waals surface area contributed by atoms with E-state index in [1.807, 2.05) is 19.1 Å². The maximum absolute atomic E-state index is 11.1. The van der Waals surface area contributed by atoms with Crippen molar-refractivity contribution in [2.45, 2.75) is 19.8 Å². The molecule has 2 unspecified atom stereocenters. The second kappa shape index (κ2) is 5.23. The fraction of sp³-hybridized carbons (Fsp3) is 0.533. The molecule has 1 saturated heterocycles. The van der Waals surface area contributed by atoms with Crippen LogP contribution in [0.2, 0.25) is 0 Å². The lowest BCUT2D eigenvalue weighted by Crippen LogP contribution is -2.25. The third-order valence-electron chi connectivity index (χ3n) is 4.18. The Labute approximate surface area is 118 Å². The molecule has 20 heavy (non-hydrogen) atoms. The van der Waals surface area contributed by atoms with Gasteiger partial charge in [0.15, 0.2) is 11.5 Å². The molecule has 3 rings (SSSR count). The summed E-state index contributed by atoms with van der Waals surface area (Å²) in [4.78, 5) is 13.5. The Morgan fingerprint density at radius 2 is 2.25 bits per heavy atom. The normalized spacial score (nSPS) is 22.1. The largest absolute Gasteiger partial charge is 0.454 e. The summed E-state index contributed by atoms with van der Waals surface area (Å²) in [7, 11) is 0. The van der Waals surface area contributed by atoms with Crippen molar-refractivity contribution >= 4 is 11.6 Å². The Hall–Kier alpha value is -1.91. The first-order valence-electron chi connectivity index (χ1n) is 7.07. The molecule has 0 aromatic heterocycles. The van der Waals surface area contributed by atoms with Gasteiger partial charge in [0.25, 0.3) is 0 Å². The van der Waals surface area contributed by atoms with E-state index in [2.05, 4.69) is 11.0 Å². The molecular formula is C15H20N2O3. The van der Waals surface area contributed by atoms with Crippen molar-refractivity contribution in [3.8, 4) is 11.5 Å². The molecule has 0 aliphatic carbocycles. The highest BCUT2D eigenvalue weighted by Crippen LogP contribution is 2.37. The molecule has 2 N–H and O–H groups in total. The number of rotatable bonds is 4. The first-order chi connectivity index (χ1) is 9.63. The topological polar surface area (TPSA) is 64.8 Å². The molecule has 1 amide bonds. The van der Waals surface area contributed by atoms with Crippen LogP contribution < -0.4 is 20.1 Å². The second-order valence-corrected chi connectivity index (χ2v) is 5.68. The van der Waals surface area contributed by atoms with Crippen molar-refractivity contribution in [3.63, 3.8) is 0 Å². The van der Waals surface area contributed by atoms with Crippen LogP contribution in [0, 0.1) is 11.8 Å². The Morgan fingerprint density at radius 1 is 1.45 bits per heavy atom. The predicted molar refractivity (Wildman–Crippen MR) is 75.9 cm³/mol. The summed E-state index contributed by atoms with van der Waals surface area (Å²) in [5.74, 6) is 1.91. The number of ether oxygens (including phenoxy) is 2. The Bertz CT molecular complexity index is 518. The van der Waals surface area contributed by atoms with E-state index in [4.69, 9.17) is 15.2 Å². The molecule has 0 spiro atoms. The lowest BCUT2D eigenvalue weighted by atomic mass is 9.95. The molecule has 2 aliphatic heterocycles. The van der Waals surface area contributed by atoms with Crippen LogP contribution in [0.25, 0.3) is 0 Å². The summed E-state index contributed by atoms with van der Waals surface area (Å²) in [6.07, 6.45) is 1.97. The van der Waals surface area contributed by atoms with Crippen molar-refractivity contribution in [1.29, 1.82) is 0 Å². The molecule has 2 atom stereocenters. The maximum Gasteiger partial charge on any atom is 0.231 e. The molecule has 1 fully saturated rings. The third-order valence-corrected chi connectivity index (χ3v) is 4.18. The number of anilines is 1. The monoisotopic (exact) mass is 276 g/mol. The molecule has 2 heterocycles. The number of amides is 1. The van der Waals surface area contributed by atoms with E-state index in [-0.39, 0.29) is 11.8 Å². The smallest absolute Gasteiger partial charge is 0.231 e. The number of carbonyl (C=O) groups excluding carboxylic acids is 1. The van der Waals surface area contributed by atoms with Crippen LogP contribution >= 0.6 is 0 Å². The van der Waals surface area contributed by atoms with E-state index in [0.29, 0.717) is 12.7 Å². The molecule has 0 bridgehead atoms.